The average Bonchev–Trinajstić information content (AvgIpc) is 2.55. The molecule has 1 N–H and O–H groups in total. The summed E-state index contributed by atoms with van der Waals surface area (Å²) in [5.41, 5.74) is 2.34. The van der Waals surface area contributed by atoms with Gasteiger partial charge in [0.2, 0.25) is 0 Å². The molecule has 2 rings (SSSR count). The second kappa shape index (κ2) is 5.67. The Bertz CT molecular complexity index is 406. The minimum absolute atomic E-state index is 0.301. The largest absolute Gasteiger partial charge is 0.478 e. The van der Waals surface area contributed by atoms with Crippen LogP contribution in [0.5, 0.6) is 0 Å². The van der Waals surface area contributed by atoms with E-state index < -0.39 is 5.97 Å². The van der Waals surface area contributed by atoms with Crippen LogP contribution in [-0.2, 0) is 4.79 Å². The quantitative estimate of drug-likeness (QED) is 0.620. The van der Waals surface area contributed by atoms with Crippen LogP contribution in [0, 0.1) is 0 Å². The lowest BCUT2D eigenvalue weighted by Gasteiger charge is -2.17. The van der Waals surface area contributed by atoms with Gasteiger partial charge in [0.1, 0.15) is 0 Å². The number of rotatable bonds is 2. The van der Waals surface area contributed by atoms with E-state index in [1.54, 1.807) is 0 Å². The zero-order chi connectivity index (χ0) is 12.1. The Morgan fingerprint density at radius 1 is 1.18 bits per heavy atom. The summed E-state index contributed by atoms with van der Waals surface area (Å²) in [5, 5.41) is 8.95. The van der Waals surface area contributed by atoms with Crippen LogP contribution in [0.25, 0.3) is 0 Å². The minimum atomic E-state index is -0.817. The molecule has 1 aliphatic carbocycles. The van der Waals surface area contributed by atoms with Gasteiger partial charge in [0, 0.05) is 12.0 Å². The molecule has 17 heavy (non-hydrogen) atoms. The summed E-state index contributed by atoms with van der Waals surface area (Å²) in [5.74, 6) is -0.516. The summed E-state index contributed by atoms with van der Waals surface area (Å²) in [7, 11) is 0. The summed E-state index contributed by atoms with van der Waals surface area (Å²) >= 11 is 0. The molecule has 1 aromatic carbocycles. The minimum Gasteiger partial charge on any atom is -0.478 e. The van der Waals surface area contributed by atoms with Gasteiger partial charge < -0.3 is 5.11 Å². The first kappa shape index (κ1) is 11.9. The van der Waals surface area contributed by atoms with Gasteiger partial charge in [0.05, 0.1) is 0 Å². The van der Waals surface area contributed by atoms with Crippen LogP contribution >= 0.6 is 0 Å². The Morgan fingerprint density at radius 2 is 1.94 bits per heavy atom. The van der Waals surface area contributed by atoms with Crippen LogP contribution < -0.4 is 0 Å². The molecule has 0 saturated heterocycles. The Kier molecular flexibility index (Phi) is 3.97. The van der Waals surface area contributed by atoms with Crippen molar-refractivity contribution in [3.05, 3.63) is 47.5 Å². The van der Waals surface area contributed by atoms with Crippen LogP contribution in [0.15, 0.2) is 42.0 Å². The van der Waals surface area contributed by atoms with Crippen LogP contribution in [0.2, 0.25) is 0 Å². The molecule has 1 fully saturated rings. The van der Waals surface area contributed by atoms with E-state index in [9.17, 15) is 4.79 Å². The van der Waals surface area contributed by atoms with Crippen molar-refractivity contribution in [3.8, 4) is 0 Å². The van der Waals surface area contributed by atoms with Crippen molar-refractivity contribution in [1.82, 2.24) is 0 Å². The highest BCUT2D eigenvalue weighted by atomic mass is 16.4. The van der Waals surface area contributed by atoms with Gasteiger partial charge in [-0.2, -0.15) is 0 Å². The predicted octanol–water partition coefficient (Wildman–Crippen LogP) is 3.75. The summed E-state index contributed by atoms with van der Waals surface area (Å²) in [6, 6.07) is 10.3. The molecule has 0 bridgehead atoms. The fourth-order valence-electron chi connectivity index (χ4n) is 2.61. The lowest BCUT2D eigenvalue weighted by atomic mass is 9.87. The second-order valence-electron chi connectivity index (χ2n) is 4.62. The first-order valence-corrected chi connectivity index (χ1v) is 6.25. The van der Waals surface area contributed by atoms with Gasteiger partial charge in [-0.15, -0.1) is 0 Å². The molecule has 90 valence electrons. The van der Waals surface area contributed by atoms with Crippen LogP contribution in [-0.4, -0.2) is 11.1 Å². The molecule has 1 aromatic rings. The number of hydrogen-bond donors (Lipinski definition) is 1. The average molecular weight is 230 g/mol. The van der Waals surface area contributed by atoms with E-state index in [2.05, 4.69) is 12.1 Å². The number of aliphatic carboxylic acids is 1. The molecule has 1 aliphatic rings. The van der Waals surface area contributed by atoms with E-state index in [-0.39, 0.29) is 0 Å². The predicted molar refractivity (Wildman–Crippen MR) is 68.0 cm³/mol. The maximum Gasteiger partial charge on any atom is 0.328 e. The molecule has 1 unspecified atom stereocenters. The van der Waals surface area contributed by atoms with Crippen LogP contribution in [0.1, 0.15) is 43.6 Å². The third kappa shape index (κ3) is 3.19. The first-order chi connectivity index (χ1) is 8.27. The van der Waals surface area contributed by atoms with Gasteiger partial charge in [-0.3, -0.25) is 0 Å². The molecule has 1 atom stereocenters. The van der Waals surface area contributed by atoms with Crippen molar-refractivity contribution in [2.45, 2.75) is 38.0 Å². The number of carbonyl (C=O) groups is 1. The Balaban J connectivity index is 2.30. The van der Waals surface area contributed by atoms with Crippen molar-refractivity contribution in [1.29, 1.82) is 0 Å². The number of allylic oxidation sites excluding steroid dienone is 1. The fourth-order valence-corrected chi connectivity index (χ4v) is 2.61. The third-order valence-electron chi connectivity index (χ3n) is 3.42. The second-order valence-corrected chi connectivity index (χ2v) is 4.62. The van der Waals surface area contributed by atoms with E-state index >= 15 is 0 Å². The lowest BCUT2D eigenvalue weighted by molar-refractivity contribution is -0.131. The third-order valence-corrected chi connectivity index (χ3v) is 3.42. The van der Waals surface area contributed by atoms with E-state index in [0.29, 0.717) is 5.92 Å². The zero-order valence-corrected chi connectivity index (χ0v) is 9.93. The summed E-state index contributed by atoms with van der Waals surface area (Å²) < 4.78 is 0. The molecule has 0 aliphatic heterocycles. The maximum absolute atomic E-state index is 10.9. The molecular weight excluding hydrogens is 212 g/mol. The van der Waals surface area contributed by atoms with E-state index in [4.69, 9.17) is 5.11 Å². The first-order valence-electron chi connectivity index (χ1n) is 6.25. The van der Waals surface area contributed by atoms with Gasteiger partial charge in [0.15, 0.2) is 0 Å². The van der Waals surface area contributed by atoms with Crippen molar-refractivity contribution in [2.75, 3.05) is 0 Å². The molecule has 2 nitrogen and oxygen atoms in total. The van der Waals surface area contributed by atoms with E-state index in [1.165, 1.54) is 24.5 Å². The maximum atomic E-state index is 10.9. The molecular formula is C15H18O2. The van der Waals surface area contributed by atoms with Crippen LogP contribution in [0.3, 0.4) is 0 Å². The molecule has 0 radical (unpaired) electrons. The summed E-state index contributed by atoms with van der Waals surface area (Å²) in [6.07, 6.45) is 6.93. The zero-order valence-electron chi connectivity index (χ0n) is 9.93. The highest BCUT2D eigenvalue weighted by Crippen LogP contribution is 2.35. The lowest BCUT2D eigenvalue weighted by Crippen LogP contribution is -2.03. The van der Waals surface area contributed by atoms with E-state index in [1.807, 2.05) is 18.2 Å². The van der Waals surface area contributed by atoms with Gasteiger partial charge in [-0.05, 0) is 24.8 Å². The van der Waals surface area contributed by atoms with Gasteiger partial charge >= 0.3 is 5.97 Å². The van der Waals surface area contributed by atoms with Gasteiger partial charge in [-0.25, -0.2) is 4.79 Å². The molecule has 0 heterocycles. The summed E-state index contributed by atoms with van der Waals surface area (Å²) in [6.45, 7) is 0. The number of carboxylic acids is 1. The normalized spacial score (nSPS) is 23.3. The monoisotopic (exact) mass is 230 g/mol. The molecule has 2 heteroatoms. The Labute approximate surface area is 102 Å². The van der Waals surface area contributed by atoms with Crippen molar-refractivity contribution >= 4 is 5.97 Å². The standard InChI is InChI=1S/C15H18O2/c16-15(17)11-13-9-5-2-6-10-14(13)12-7-3-1-4-8-12/h1,3-4,7-8,11,14H,2,5-6,9-10H2,(H,16,17)/b13-11+. The highest BCUT2D eigenvalue weighted by Gasteiger charge is 2.19. The fraction of sp³-hybridized carbons (Fsp3) is 0.400. The van der Waals surface area contributed by atoms with Crippen molar-refractivity contribution in [3.63, 3.8) is 0 Å². The molecule has 0 spiro atoms. The molecule has 0 aromatic heterocycles. The highest BCUT2D eigenvalue weighted by molar-refractivity contribution is 5.81. The summed E-state index contributed by atoms with van der Waals surface area (Å²) in [4.78, 5) is 10.9. The van der Waals surface area contributed by atoms with Crippen molar-refractivity contribution in [2.24, 2.45) is 0 Å². The van der Waals surface area contributed by atoms with E-state index in [0.717, 1.165) is 24.8 Å². The van der Waals surface area contributed by atoms with Crippen LogP contribution in [0.4, 0.5) is 0 Å². The molecule has 1 saturated carbocycles. The molecule has 0 amide bonds. The number of hydrogen-bond acceptors (Lipinski definition) is 1. The topological polar surface area (TPSA) is 37.3 Å². The Hall–Kier alpha value is -1.57. The van der Waals surface area contributed by atoms with Gasteiger partial charge in [0.25, 0.3) is 0 Å². The SMILES string of the molecule is O=C(O)/C=C1\CCCCCC1c1ccccc1. The van der Waals surface area contributed by atoms with Gasteiger partial charge in [-0.1, -0.05) is 48.7 Å². The smallest absolute Gasteiger partial charge is 0.328 e. The number of benzene rings is 1. The number of carboxylic acid groups (broad SMARTS) is 1. The Morgan fingerprint density at radius 3 is 2.65 bits per heavy atom. The van der Waals surface area contributed by atoms with Crippen molar-refractivity contribution < 1.29 is 9.90 Å².